The lowest BCUT2D eigenvalue weighted by atomic mass is 9.95. The van der Waals surface area contributed by atoms with Gasteiger partial charge in [-0.2, -0.15) is 0 Å². The summed E-state index contributed by atoms with van der Waals surface area (Å²) in [4.78, 5) is 0. The molecule has 3 heteroatoms. The van der Waals surface area contributed by atoms with Crippen LogP contribution in [0, 0.1) is 13.8 Å². The first-order valence-electron chi connectivity index (χ1n) is 14.0. The molecule has 0 aliphatic rings. The van der Waals surface area contributed by atoms with E-state index in [2.05, 4.69) is 145 Å². The maximum atomic E-state index is 6.65. The molecule has 2 aromatic heterocycles. The molecule has 6 aromatic carbocycles. The van der Waals surface area contributed by atoms with E-state index in [1.165, 1.54) is 32.9 Å². The van der Waals surface area contributed by atoms with E-state index < -0.39 is 0 Å². The zero-order valence-corrected chi connectivity index (χ0v) is 23.0. The summed E-state index contributed by atoms with van der Waals surface area (Å²) in [5.41, 5.74) is 12.0. The van der Waals surface area contributed by atoms with Gasteiger partial charge in [-0.1, -0.05) is 72.3 Å². The Balaban J connectivity index is 1.43. The molecule has 3 nitrogen and oxygen atoms in total. The molecule has 0 spiro atoms. The van der Waals surface area contributed by atoms with Crippen LogP contribution in [0.5, 0.6) is 0 Å². The second-order valence-corrected chi connectivity index (χ2v) is 10.8. The quantitative estimate of drug-likeness (QED) is 0.246. The van der Waals surface area contributed by atoms with E-state index >= 15 is 0 Å². The third-order valence-electron chi connectivity index (χ3n) is 8.18. The van der Waals surface area contributed by atoms with E-state index in [0.717, 1.165) is 50.1 Å². The molecule has 0 unspecified atom stereocenters. The minimum Gasteiger partial charge on any atom is -0.455 e. The summed E-state index contributed by atoms with van der Waals surface area (Å²) in [5, 5.41) is 8.47. The number of para-hydroxylation sites is 3. The summed E-state index contributed by atoms with van der Waals surface area (Å²) in [7, 11) is 0. The number of rotatable bonds is 4. The lowest BCUT2D eigenvalue weighted by Gasteiger charge is -2.17. The molecule has 8 aromatic rings. The topological polar surface area (TPSA) is 30.1 Å². The molecule has 41 heavy (non-hydrogen) atoms. The Kier molecular flexibility index (Phi) is 5.26. The van der Waals surface area contributed by atoms with Crippen molar-refractivity contribution < 1.29 is 4.42 Å². The Bertz CT molecular complexity index is 2200. The van der Waals surface area contributed by atoms with E-state index in [4.69, 9.17) is 4.42 Å². The van der Waals surface area contributed by atoms with Crippen molar-refractivity contribution in [2.75, 3.05) is 5.32 Å². The zero-order chi connectivity index (χ0) is 27.5. The van der Waals surface area contributed by atoms with Crippen LogP contribution in [0.3, 0.4) is 0 Å². The highest BCUT2D eigenvalue weighted by Gasteiger charge is 2.20. The van der Waals surface area contributed by atoms with E-state index in [0.29, 0.717) is 0 Å². The van der Waals surface area contributed by atoms with E-state index in [9.17, 15) is 0 Å². The lowest BCUT2D eigenvalue weighted by Crippen LogP contribution is -1.98. The summed E-state index contributed by atoms with van der Waals surface area (Å²) in [6.07, 6.45) is 0. The van der Waals surface area contributed by atoms with E-state index in [-0.39, 0.29) is 0 Å². The summed E-state index contributed by atoms with van der Waals surface area (Å²) in [6, 6.07) is 45.2. The lowest BCUT2D eigenvalue weighted by molar-refractivity contribution is 0.670. The van der Waals surface area contributed by atoms with Crippen LogP contribution in [-0.4, -0.2) is 4.57 Å². The maximum absolute atomic E-state index is 6.65. The molecular weight excluding hydrogens is 500 g/mol. The van der Waals surface area contributed by atoms with Crippen LogP contribution >= 0.6 is 0 Å². The third kappa shape index (κ3) is 3.74. The second-order valence-electron chi connectivity index (χ2n) is 10.8. The summed E-state index contributed by atoms with van der Waals surface area (Å²) < 4.78 is 9.03. The average Bonchev–Trinajstić information content (AvgIpc) is 3.54. The van der Waals surface area contributed by atoms with Gasteiger partial charge in [0.15, 0.2) is 0 Å². The van der Waals surface area contributed by atoms with Crippen molar-refractivity contribution in [3.05, 3.63) is 139 Å². The van der Waals surface area contributed by atoms with Gasteiger partial charge in [0.2, 0.25) is 0 Å². The SMILES string of the molecule is Cc1ccc2oc3c(-c4cc(-n5c6ccccc6c6ccccc65)ccc4C)c(Nc4ccccc4)ccc3c2c1. The van der Waals surface area contributed by atoms with Crippen molar-refractivity contribution in [2.45, 2.75) is 13.8 Å². The smallest absolute Gasteiger partial charge is 0.145 e. The Morgan fingerprint density at radius 1 is 0.585 bits per heavy atom. The number of nitrogens with one attached hydrogen (secondary N) is 1. The van der Waals surface area contributed by atoms with Crippen LogP contribution in [-0.2, 0) is 0 Å². The standard InChI is InChI=1S/C38H28N2O/c1-24-16-21-36-32(22-24)30-19-20-33(39-26-10-4-3-5-11-26)37(38(30)41-36)31-23-27(18-17-25(31)2)40-34-14-8-6-12-28(34)29-13-7-9-15-35(29)40/h3-23,39H,1-2H3. The number of hydrogen-bond donors (Lipinski definition) is 1. The molecular formula is C38H28N2O. The van der Waals surface area contributed by atoms with Gasteiger partial charge in [-0.05, 0) is 85.6 Å². The van der Waals surface area contributed by atoms with Gasteiger partial charge in [0, 0.05) is 38.5 Å². The molecule has 1 N–H and O–H groups in total. The normalized spacial score (nSPS) is 11.7. The van der Waals surface area contributed by atoms with Gasteiger partial charge >= 0.3 is 0 Å². The van der Waals surface area contributed by atoms with Crippen LogP contribution in [0.15, 0.2) is 132 Å². The first kappa shape index (κ1) is 23.6. The first-order chi connectivity index (χ1) is 20.2. The molecule has 0 saturated heterocycles. The molecule has 0 radical (unpaired) electrons. The minimum absolute atomic E-state index is 0.897. The summed E-state index contributed by atoms with van der Waals surface area (Å²) >= 11 is 0. The Labute approximate surface area is 238 Å². The van der Waals surface area contributed by atoms with Crippen molar-refractivity contribution in [1.82, 2.24) is 4.57 Å². The van der Waals surface area contributed by atoms with Crippen molar-refractivity contribution >= 4 is 55.1 Å². The summed E-state index contributed by atoms with van der Waals surface area (Å²) in [5.74, 6) is 0. The number of aryl methyl sites for hydroxylation is 2. The average molecular weight is 529 g/mol. The predicted molar refractivity (Wildman–Crippen MR) is 173 cm³/mol. The maximum Gasteiger partial charge on any atom is 0.145 e. The number of fused-ring (bicyclic) bond motifs is 6. The first-order valence-corrected chi connectivity index (χ1v) is 14.0. The fraction of sp³-hybridized carbons (Fsp3) is 0.0526. The molecule has 0 fully saturated rings. The van der Waals surface area contributed by atoms with E-state index in [1.807, 2.05) is 6.07 Å². The third-order valence-corrected chi connectivity index (χ3v) is 8.18. The molecule has 0 bridgehead atoms. The fourth-order valence-electron chi connectivity index (χ4n) is 6.22. The number of hydrogen-bond acceptors (Lipinski definition) is 2. The predicted octanol–water partition coefficient (Wildman–Crippen LogP) is 10.7. The molecule has 0 saturated carbocycles. The number of benzene rings is 6. The van der Waals surface area contributed by atoms with Crippen molar-refractivity contribution in [1.29, 1.82) is 0 Å². The van der Waals surface area contributed by atoms with Gasteiger partial charge in [0.1, 0.15) is 11.2 Å². The number of furan rings is 1. The highest BCUT2D eigenvalue weighted by Crippen LogP contribution is 2.44. The van der Waals surface area contributed by atoms with Crippen LogP contribution in [0.2, 0.25) is 0 Å². The highest BCUT2D eigenvalue weighted by molar-refractivity contribution is 6.13. The van der Waals surface area contributed by atoms with Crippen molar-refractivity contribution in [3.8, 4) is 16.8 Å². The molecule has 196 valence electrons. The second kappa shape index (κ2) is 9.14. The van der Waals surface area contributed by atoms with E-state index in [1.54, 1.807) is 0 Å². The van der Waals surface area contributed by atoms with Crippen LogP contribution in [0.25, 0.3) is 60.6 Å². The van der Waals surface area contributed by atoms with Crippen LogP contribution < -0.4 is 5.32 Å². The number of anilines is 2. The highest BCUT2D eigenvalue weighted by atomic mass is 16.3. The zero-order valence-electron chi connectivity index (χ0n) is 23.0. The Morgan fingerprint density at radius 2 is 1.29 bits per heavy atom. The molecule has 0 atom stereocenters. The van der Waals surface area contributed by atoms with Gasteiger partial charge in [-0.25, -0.2) is 0 Å². The van der Waals surface area contributed by atoms with Gasteiger partial charge in [0.05, 0.1) is 16.7 Å². The molecule has 0 aliphatic heterocycles. The number of nitrogens with zero attached hydrogens (tertiary/aromatic N) is 1. The van der Waals surface area contributed by atoms with Gasteiger partial charge in [0.25, 0.3) is 0 Å². The molecule has 0 aliphatic carbocycles. The summed E-state index contributed by atoms with van der Waals surface area (Å²) in [6.45, 7) is 4.31. The van der Waals surface area contributed by atoms with Crippen LogP contribution in [0.4, 0.5) is 11.4 Å². The van der Waals surface area contributed by atoms with Crippen molar-refractivity contribution in [3.63, 3.8) is 0 Å². The molecule has 2 heterocycles. The van der Waals surface area contributed by atoms with Gasteiger partial charge < -0.3 is 14.3 Å². The van der Waals surface area contributed by atoms with Crippen LogP contribution in [0.1, 0.15) is 11.1 Å². The van der Waals surface area contributed by atoms with Gasteiger partial charge in [-0.15, -0.1) is 0 Å². The number of aromatic nitrogens is 1. The fourth-order valence-corrected chi connectivity index (χ4v) is 6.22. The molecule has 8 rings (SSSR count). The Morgan fingerprint density at radius 3 is 2.05 bits per heavy atom. The largest absolute Gasteiger partial charge is 0.455 e. The monoisotopic (exact) mass is 528 g/mol. The van der Waals surface area contributed by atoms with Gasteiger partial charge in [-0.3, -0.25) is 0 Å². The minimum atomic E-state index is 0.897. The van der Waals surface area contributed by atoms with Crippen molar-refractivity contribution in [2.24, 2.45) is 0 Å². The Hall–Kier alpha value is -5.28. The molecule has 0 amide bonds.